The summed E-state index contributed by atoms with van der Waals surface area (Å²) in [5, 5.41) is 0. The Morgan fingerprint density at radius 1 is 0.931 bits per heavy atom. The van der Waals surface area contributed by atoms with Crippen molar-refractivity contribution < 1.29 is 4.79 Å². The van der Waals surface area contributed by atoms with Crippen molar-refractivity contribution in [2.24, 2.45) is 5.92 Å². The molecule has 0 saturated carbocycles. The molecule has 2 aromatic carbocycles. The monoisotopic (exact) mass is 390 g/mol. The molecule has 0 bridgehead atoms. The lowest BCUT2D eigenvalue weighted by Crippen LogP contribution is -2.30. The van der Waals surface area contributed by atoms with E-state index in [0.29, 0.717) is 12.2 Å². The van der Waals surface area contributed by atoms with Crippen LogP contribution in [0.1, 0.15) is 52.7 Å². The minimum Gasteiger partial charge on any atom is -0.306 e. The Bertz CT molecular complexity index is 809. The SMILES string of the molecule is CN1CCC(CCC(=O)c2ccc3c(c2)CCN(Cc2ccccc2)CC3)CC1. The first kappa shape index (κ1) is 20.3. The molecule has 3 heteroatoms. The zero-order valence-corrected chi connectivity index (χ0v) is 17.8. The van der Waals surface area contributed by atoms with Gasteiger partial charge in [-0.3, -0.25) is 9.69 Å². The van der Waals surface area contributed by atoms with Crippen LogP contribution >= 0.6 is 0 Å². The molecule has 29 heavy (non-hydrogen) atoms. The summed E-state index contributed by atoms with van der Waals surface area (Å²) in [4.78, 5) is 17.7. The van der Waals surface area contributed by atoms with Crippen molar-refractivity contribution in [3.63, 3.8) is 0 Å². The third-order valence-corrected chi connectivity index (χ3v) is 6.79. The van der Waals surface area contributed by atoms with Crippen LogP contribution < -0.4 is 0 Å². The quantitative estimate of drug-likeness (QED) is 0.674. The highest BCUT2D eigenvalue weighted by Gasteiger charge is 2.19. The van der Waals surface area contributed by atoms with Crippen LogP contribution in [0.5, 0.6) is 0 Å². The van der Waals surface area contributed by atoms with E-state index in [4.69, 9.17) is 0 Å². The van der Waals surface area contributed by atoms with Crippen molar-refractivity contribution in [1.29, 1.82) is 0 Å². The van der Waals surface area contributed by atoms with E-state index in [1.807, 2.05) is 0 Å². The van der Waals surface area contributed by atoms with E-state index in [1.54, 1.807) is 0 Å². The van der Waals surface area contributed by atoms with Gasteiger partial charge in [-0.25, -0.2) is 0 Å². The lowest BCUT2D eigenvalue weighted by atomic mass is 9.90. The second-order valence-corrected chi connectivity index (χ2v) is 8.95. The predicted octanol–water partition coefficient (Wildman–Crippen LogP) is 4.59. The molecule has 2 heterocycles. The summed E-state index contributed by atoms with van der Waals surface area (Å²) in [5.74, 6) is 1.06. The lowest BCUT2D eigenvalue weighted by Gasteiger charge is -2.28. The Hall–Kier alpha value is -1.97. The average Bonchev–Trinajstić information content (AvgIpc) is 2.96. The van der Waals surface area contributed by atoms with Gasteiger partial charge in [0.15, 0.2) is 5.78 Å². The van der Waals surface area contributed by atoms with Crippen molar-refractivity contribution in [1.82, 2.24) is 9.80 Å². The summed E-state index contributed by atoms with van der Waals surface area (Å²) < 4.78 is 0. The van der Waals surface area contributed by atoms with Gasteiger partial charge in [0, 0.05) is 31.6 Å². The highest BCUT2D eigenvalue weighted by molar-refractivity contribution is 5.96. The maximum Gasteiger partial charge on any atom is 0.162 e. The minimum atomic E-state index is 0.331. The smallest absolute Gasteiger partial charge is 0.162 e. The normalized spacial score (nSPS) is 18.9. The third-order valence-electron chi connectivity index (χ3n) is 6.79. The van der Waals surface area contributed by atoms with E-state index in [1.165, 1.54) is 42.6 Å². The molecular weight excluding hydrogens is 356 g/mol. The molecule has 0 radical (unpaired) electrons. The molecule has 154 valence electrons. The Morgan fingerprint density at radius 3 is 2.41 bits per heavy atom. The van der Waals surface area contributed by atoms with Gasteiger partial charge in [-0.05, 0) is 80.9 Å². The number of hydrogen-bond acceptors (Lipinski definition) is 3. The Morgan fingerprint density at radius 2 is 1.66 bits per heavy atom. The van der Waals surface area contributed by atoms with E-state index in [2.05, 4.69) is 65.4 Å². The van der Waals surface area contributed by atoms with Crippen LogP contribution in [0.15, 0.2) is 48.5 Å². The summed E-state index contributed by atoms with van der Waals surface area (Å²) in [7, 11) is 2.19. The van der Waals surface area contributed by atoms with Gasteiger partial charge < -0.3 is 4.90 Å². The van der Waals surface area contributed by atoms with Crippen LogP contribution in [0.3, 0.4) is 0 Å². The topological polar surface area (TPSA) is 23.6 Å². The van der Waals surface area contributed by atoms with Crippen molar-refractivity contribution >= 4 is 5.78 Å². The maximum absolute atomic E-state index is 12.8. The summed E-state index contributed by atoms with van der Waals surface area (Å²) in [6.07, 6.45) is 6.35. The molecule has 0 amide bonds. The number of piperidine rings is 1. The van der Waals surface area contributed by atoms with Gasteiger partial charge in [0.25, 0.3) is 0 Å². The Balaban J connectivity index is 1.32. The molecule has 1 fully saturated rings. The number of likely N-dealkylation sites (tertiary alicyclic amines) is 1. The van der Waals surface area contributed by atoms with E-state index < -0.39 is 0 Å². The van der Waals surface area contributed by atoms with Crippen molar-refractivity contribution in [2.75, 3.05) is 33.2 Å². The van der Waals surface area contributed by atoms with Crippen LogP contribution in [0.2, 0.25) is 0 Å². The van der Waals surface area contributed by atoms with Crippen LogP contribution in [0.25, 0.3) is 0 Å². The van der Waals surface area contributed by atoms with Crippen molar-refractivity contribution in [3.05, 3.63) is 70.8 Å². The van der Waals surface area contributed by atoms with Crippen LogP contribution in [-0.4, -0.2) is 48.8 Å². The Kier molecular flexibility index (Phi) is 6.78. The first-order chi connectivity index (χ1) is 14.2. The fourth-order valence-corrected chi connectivity index (χ4v) is 4.77. The number of fused-ring (bicyclic) bond motifs is 1. The van der Waals surface area contributed by atoms with Crippen LogP contribution in [0.4, 0.5) is 0 Å². The van der Waals surface area contributed by atoms with Gasteiger partial charge in [0.05, 0.1) is 0 Å². The number of Topliss-reactive ketones (excluding diaryl/α,β-unsaturated/α-hetero) is 1. The van der Waals surface area contributed by atoms with Gasteiger partial charge >= 0.3 is 0 Å². The largest absolute Gasteiger partial charge is 0.306 e. The number of benzene rings is 2. The van der Waals surface area contributed by atoms with Gasteiger partial charge in [-0.2, -0.15) is 0 Å². The molecule has 1 saturated heterocycles. The van der Waals surface area contributed by atoms with E-state index in [-0.39, 0.29) is 0 Å². The second kappa shape index (κ2) is 9.69. The molecule has 0 aliphatic carbocycles. The second-order valence-electron chi connectivity index (χ2n) is 8.95. The fraction of sp³-hybridized carbons (Fsp3) is 0.500. The number of carbonyl (C=O) groups is 1. The summed E-state index contributed by atoms with van der Waals surface area (Å²) in [6, 6.07) is 17.2. The number of ketones is 1. The number of rotatable bonds is 6. The standard InChI is InChI=1S/C26H34N2O/c1-27-15-11-21(12-16-27)7-10-26(29)25-9-8-23-13-17-28(18-14-24(23)19-25)20-22-5-3-2-4-6-22/h2-6,8-9,19,21H,7,10-18,20H2,1H3. The van der Waals surface area contributed by atoms with Crippen LogP contribution in [0, 0.1) is 5.92 Å². The average molecular weight is 391 g/mol. The molecule has 0 unspecified atom stereocenters. The molecule has 0 spiro atoms. The molecule has 3 nitrogen and oxygen atoms in total. The van der Waals surface area contributed by atoms with Gasteiger partial charge in [0.1, 0.15) is 0 Å². The number of carbonyl (C=O) groups excluding carboxylic acids is 1. The molecule has 2 aromatic rings. The third kappa shape index (κ3) is 5.55. The fourth-order valence-electron chi connectivity index (χ4n) is 4.77. The first-order valence-electron chi connectivity index (χ1n) is 11.3. The number of nitrogens with zero attached hydrogens (tertiary/aromatic N) is 2. The van der Waals surface area contributed by atoms with Gasteiger partial charge in [-0.1, -0.05) is 42.5 Å². The van der Waals surface area contributed by atoms with Crippen molar-refractivity contribution in [3.8, 4) is 0 Å². The van der Waals surface area contributed by atoms with Gasteiger partial charge in [0.2, 0.25) is 0 Å². The van der Waals surface area contributed by atoms with Crippen molar-refractivity contribution in [2.45, 2.75) is 45.1 Å². The molecular formula is C26H34N2O. The zero-order chi connectivity index (χ0) is 20.1. The van der Waals surface area contributed by atoms with E-state index in [0.717, 1.165) is 50.4 Å². The van der Waals surface area contributed by atoms with Crippen LogP contribution in [-0.2, 0) is 19.4 Å². The van der Waals surface area contributed by atoms with Gasteiger partial charge in [-0.15, -0.1) is 0 Å². The summed E-state index contributed by atoms with van der Waals surface area (Å²) in [5.41, 5.74) is 5.11. The summed E-state index contributed by atoms with van der Waals surface area (Å²) >= 11 is 0. The predicted molar refractivity (Wildman–Crippen MR) is 119 cm³/mol. The summed E-state index contributed by atoms with van der Waals surface area (Å²) in [6.45, 7) is 5.52. The highest BCUT2D eigenvalue weighted by Crippen LogP contribution is 2.24. The maximum atomic E-state index is 12.8. The molecule has 4 rings (SSSR count). The first-order valence-corrected chi connectivity index (χ1v) is 11.3. The molecule has 2 aliphatic rings. The highest BCUT2D eigenvalue weighted by atomic mass is 16.1. The molecule has 0 N–H and O–H groups in total. The number of hydrogen-bond donors (Lipinski definition) is 0. The molecule has 0 aromatic heterocycles. The van der Waals surface area contributed by atoms with E-state index >= 15 is 0 Å². The Labute approximate surface area is 175 Å². The van der Waals surface area contributed by atoms with E-state index in [9.17, 15) is 4.79 Å². The zero-order valence-electron chi connectivity index (χ0n) is 17.8. The minimum absolute atomic E-state index is 0.331. The lowest BCUT2D eigenvalue weighted by molar-refractivity contribution is 0.0965. The molecule has 2 aliphatic heterocycles. The molecule has 0 atom stereocenters.